The zero-order chi connectivity index (χ0) is 27.9. The van der Waals surface area contributed by atoms with E-state index in [-0.39, 0.29) is 0 Å². The van der Waals surface area contributed by atoms with Gasteiger partial charge in [0, 0.05) is 12.3 Å². The Labute approximate surface area is 200 Å². The van der Waals surface area contributed by atoms with Gasteiger partial charge in [-0.15, -0.1) is 0 Å². The van der Waals surface area contributed by atoms with Crippen LogP contribution in [0.4, 0.5) is 4.39 Å². The van der Waals surface area contributed by atoms with Crippen LogP contribution in [0.2, 0.25) is 0 Å². The molecule has 21 heteroatoms. The van der Waals surface area contributed by atoms with E-state index in [1.54, 1.807) is 0 Å². The molecule has 18 nitrogen and oxygen atoms in total. The summed E-state index contributed by atoms with van der Waals surface area (Å²) in [5.41, 5.74) is -1.79. The van der Waals surface area contributed by atoms with Crippen LogP contribution in [0.15, 0.2) is 21.9 Å². The Balaban J connectivity index is 1.62. The Bertz CT molecular complexity index is 1170. The van der Waals surface area contributed by atoms with Crippen LogP contribution in [0.1, 0.15) is 7.60 Å². The molecule has 0 saturated carbocycles. The van der Waals surface area contributed by atoms with Gasteiger partial charge in [0.05, 0.1) is 14.6 Å². The molecule has 1 aromatic heterocycles. The third-order valence-electron chi connectivity index (χ3n) is 5.02. The van der Waals surface area contributed by atoms with Crippen molar-refractivity contribution in [1.82, 2.24) is 9.55 Å². The summed E-state index contributed by atoms with van der Waals surface area (Å²) >= 11 is 0. The monoisotopic (exact) mass is 570 g/mol. The SMILES string of the molecule is [3H]C(O)[C@H]1O[C@H](OP(=O)(O)OP(=O)(O)OC[C@H]2O[C@@H](n3ccc(=O)[nH]c3=O)[C@H](O)[C@@H]2O)[C@H](F)[C@@H](O)[C@@H]1O. The molecule has 36 heavy (non-hydrogen) atoms. The van der Waals surface area contributed by atoms with Gasteiger partial charge in [0.1, 0.15) is 36.6 Å². The van der Waals surface area contributed by atoms with E-state index in [4.69, 9.17) is 6.11 Å². The summed E-state index contributed by atoms with van der Waals surface area (Å²) in [6.07, 6.45) is -17.6. The van der Waals surface area contributed by atoms with E-state index in [1.165, 1.54) is 0 Å². The van der Waals surface area contributed by atoms with E-state index in [9.17, 15) is 58.4 Å². The molecule has 0 amide bonds. The summed E-state index contributed by atoms with van der Waals surface area (Å²) in [5.74, 6) is 0. The number of nitrogens with zero attached hydrogens (tertiary/aromatic N) is 1. The topological polar surface area (TPSA) is 277 Å². The Morgan fingerprint density at radius 3 is 2.31 bits per heavy atom. The standard InChI is InChI=1S/C15H23FN2O16P2/c16-8-11(23)9(21)5(3-19)32-14(8)33-36(28,29)34-35(26,27)30-4-6-10(22)12(24)13(31-6)18-2-1-7(20)17-15(18)25/h1-2,5-6,8-14,19,21-24H,3-4H2,(H,26,27)(H,28,29)(H,17,20,25)/t5-,6-,8-,9-,10-,11-,12-,13-,14-/m1/s1/i3T/t3?,5-,6-,8-,9-,10-,11-,12-,13-,14-. The minimum Gasteiger partial charge on any atom is -0.394 e. The summed E-state index contributed by atoms with van der Waals surface area (Å²) in [7, 11) is -11.3. The highest BCUT2D eigenvalue weighted by Gasteiger charge is 2.50. The van der Waals surface area contributed by atoms with Crippen LogP contribution >= 0.6 is 15.6 Å². The largest absolute Gasteiger partial charge is 0.483 e. The van der Waals surface area contributed by atoms with Gasteiger partial charge in [-0.1, -0.05) is 0 Å². The van der Waals surface area contributed by atoms with Gasteiger partial charge in [-0.2, -0.15) is 4.31 Å². The maximum Gasteiger partial charge on any atom is 0.483 e. The van der Waals surface area contributed by atoms with Gasteiger partial charge in [-0.3, -0.25) is 23.4 Å². The number of hydrogen-bond donors (Lipinski definition) is 8. The third kappa shape index (κ3) is 6.53. The summed E-state index contributed by atoms with van der Waals surface area (Å²) in [5, 5.41) is 48.7. The Morgan fingerprint density at radius 2 is 1.69 bits per heavy atom. The van der Waals surface area contributed by atoms with Crippen molar-refractivity contribution in [3.8, 4) is 0 Å². The maximum absolute atomic E-state index is 14.2. The number of H-pyrrole nitrogens is 1. The number of nitrogens with one attached hydrogen (secondary N) is 1. The second kappa shape index (κ2) is 11.1. The van der Waals surface area contributed by atoms with Gasteiger partial charge in [-0.05, 0) is 0 Å². The smallest absolute Gasteiger partial charge is 0.394 e. The number of alkyl halides is 1. The molecule has 8 N–H and O–H groups in total. The molecule has 2 fully saturated rings. The number of halogens is 1. The van der Waals surface area contributed by atoms with Crippen molar-refractivity contribution in [2.45, 2.75) is 55.3 Å². The van der Waals surface area contributed by atoms with Crippen molar-refractivity contribution >= 4 is 15.6 Å². The molecule has 0 aromatic carbocycles. The highest BCUT2D eigenvalue weighted by atomic mass is 31.3. The second-order valence-corrected chi connectivity index (χ2v) is 10.5. The molecule has 0 aliphatic carbocycles. The van der Waals surface area contributed by atoms with Crippen molar-refractivity contribution in [3.05, 3.63) is 33.1 Å². The number of aliphatic hydroxyl groups excluding tert-OH is 5. The number of ether oxygens (including phenoxy) is 2. The van der Waals surface area contributed by atoms with Crippen molar-refractivity contribution in [2.75, 3.05) is 13.2 Å². The van der Waals surface area contributed by atoms with E-state index < -0.39 is 95.4 Å². The van der Waals surface area contributed by atoms with Crippen LogP contribution < -0.4 is 11.2 Å². The fourth-order valence-electron chi connectivity index (χ4n) is 3.26. The van der Waals surface area contributed by atoms with Crippen molar-refractivity contribution < 1.29 is 73.0 Å². The Morgan fingerprint density at radius 1 is 1.06 bits per heavy atom. The van der Waals surface area contributed by atoms with Gasteiger partial charge >= 0.3 is 21.3 Å². The van der Waals surface area contributed by atoms with Gasteiger partial charge in [0.15, 0.2) is 12.4 Å². The van der Waals surface area contributed by atoms with E-state index in [1.807, 2.05) is 4.98 Å². The first-order chi connectivity index (χ1) is 17.0. The number of hydrogen-bond acceptors (Lipinski definition) is 14. The fourth-order valence-corrected chi connectivity index (χ4v) is 5.41. The highest BCUT2D eigenvalue weighted by molar-refractivity contribution is 7.61. The van der Waals surface area contributed by atoms with E-state index in [2.05, 4.69) is 18.1 Å². The molecule has 2 saturated heterocycles. The summed E-state index contributed by atoms with van der Waals surface area (Å²) in [6.45, 7) is -3.33. The van der Waals surface area contributed by atoms with Crippen LogP contribution in [0.25, 0.3) is 0 Å². The van der Waals surface area contributed by atoms with Gasteiger partial charge in [-0.25, -0.2) is 18.3 Å². The lowest BCUT2D eigenvalue weighted by Gasteiger charge is -2.38. The van der Waals surface area contributed by atoms with Crippen LogP contribution in [-0.4, -0.2) is 107 Å². The van der Waals surface area contributed by atoms with Crippen molar-refractivity contribution in [3.63, 3.8) is 0 Å². The molecule has 0 radical (unpaired) electrons. The quantitative estimate of drug-likeness (QED) is 0.132. The molecule has 206 valence electrons. The lowest BCUT2D eigenvalue weighted by Crippen LogP contribution is -2.57. The molecule has 12 atom stereocenters. The summed E-state index contributed by atoms with van der Waals surface area (Å²) in [4.78, 5) is 44.4. The molecular formula is C15H23FN2O16P2. The van der Waals surface area contributed by atoms with E-state index >= 15 is 0 Å². The fraction of sp³-hybridized carbons (Fsp3) is 0.733. The molecule has 0 bridgehead atoms. The lowest BCUT2D eigenvalue weighted by molar-refractivity contribution is -0.265. The molecule has 3 heterocycles. The number of phosphoric acid groups is 2. The average molecular weight is 570 g/mol. The van der Waals surface area contributed by atoms with E-state index in [0.717, 1.165) is 12.3 Å². The van der Waals surface area contributed by atoms with Crippen LogP contribution in [-0.2, 0) is 32.0 Å². The molecular weight excluding hydrogens is 545 g/mol. The molecule has 2 aliphatic heterocycles. The third-order valence-corrected chi connectivity index (χ3v) is 7.62. The average Bonchev–Trinajstić information content (AvgIpc) is 3.05. The number of phosphoric ester groups is 2. The summed E-state index contributed by atoms with van der Waals surface area (Å²) in [6, 6.07) is 0.910. The Hall–Kier alpha value is -1.41. The molecule has 3 unspecified atom stereocenters. The predicted octanol–water partition coefficient (Wildman–Crippen LogP) is -3.82. The minimum atomic E-state index is -5.75. The zero-order valence-corrected chi connectivity index (χ0v) is 19.4. The lowest BCUT2D eigenvalue weighted by atomic mass is 10.0. The first-order valence-corrected chi connectivity index (χ1v) is 12.8. The van der Waals surface area contributed by atoms with E-state index in [0.29, 0.717) is 4.57 Å². The van der Waals surface area contributed by atoms with Crippen LogP contribution in [0.5, 0.6) is 0 Å². The maximum atomic E-state index is 14.2. The van der Waals surface area contributed by atoms with Gasteiger partial charge < -0.3 is 44.8 Å². The highest BCUT2D eigenvalue weighted by Crippen LogP contribution is 2.61. The van der Waals surface area contributed by atoms with Crippen molar-refractivity contribution in [1.29, 1.82) is 0 Å². The first kappa shape index (κ1) is 27.6. The number of aromatic nitrogens is 2. The molecule has 3 rings (SSSR count). The summed E-state index contributed by atoms with van der Waals surface area (Å²) < 4.78 is 68.8. The predicted molar refractivity (Wildman–Crippen MR) is 108 cm³/mol. The number of rotatable bonds is 9. The second-order valence-electron chi connectivity index (χ2n) is 7.53. The minimum absolute atomic E-state index is 0.698. The molecule has 0 spiro atoms. The van der Waals surface area contributed by atoms with Crippen LogP contribution in [0, 0.1) is 0 Å². The number of aliphatic hydroxyl groups is 5. The first-order valence-electron chi connectivity index (χ1n) is 10.4. The van der Waals surface area contributed by atoms with Crippen LogP contribution in [0.3, 0.4) is 0 Å². The number of aromatic amines is 1. The molecule has 2 aliphatic rings. The Kier molecular flexibility index (Phi) is 8.55. The molecule has 1 aromatic rings. The zero-order valence-electron chi connectivity index (χ0n) is 18.7. The normalized spacial score (nSPS) is 39.7. The van der Waals surface area contributed by atoms with Gasteiger partial charge in [0.25, 0.3) is 5.56 Å². The van der Waals surface area contributed by atoms with Crippen molar-refractivity contribution in [2.24, 2.45) is 0 Å². The van der Waals surface area contributed by atoms with Gasteiger partial charge in [0.2, 0.25) is 6.29 Å².